The van der Waals surface area contributed by atoms with Gasteiger partial charge in [0.2, 0.25) is 11.8 Å². The summed E-state index contributed by atoms with van der Waals surface area (Å²) in [5, 5.41) is 2.93. The zero-order valence-corrected chi connectivity index (χ0v) is 22.7. The molecule has 3 aromatic rings. The smallest absolute Gasteiger partial charge is 0.264 e. The second kappa shape index (κ2) is 13.2. The van der Waals surface area contributed by atoms with Crippen molar-refractivity contribution in [2.75, 3.05) is 10.8 Å². The Hall–Kier alpha value is -3.72. The van der Waals surface area contributed by atoms with Crippen LogP contribution in [0.5, 0.6) is 0 Å². The number of rotatable bonds is 12. The molecule has 3 aromatic carbocycles. The highest BCUT2D eigenvalue weighted by Crippen LogP contribution is 2.24. The molecule has 0 aromatic heterocycles. The summed E-state index contributed by atoms with van der Waals surface area (Å²) < 4.78 is 42.0. The van der Waals surface area contributed by atoms with Crippen LogP contribution in [0.3, 0.4) is 0 Å². The molecule has 0 aliphatic rings. The van der Waals surface area contributed by atoms with Crippen molar-refractivity contribution in [1.29, 1.82) is 0 Å². The molecule has 3 rings (SSSR count). The Kier molecular flexibility index (Phi) is 10.0. The Morgan fingerprint density at radius 3 is 2.00 bits per heavy atom. The van der Waals surface area contributed by atoms with Gasteiger partial charge in [0.15, 0.2) is 0 Å². The molecule has 0 bridgehead atoms. The fourth-order valence-electron chi connectivity index (χ4n) is 3.99. The molecule has 0 heterocycles. The average molecular weight is 540 g/mol. The number of amides is 2. The number of anilines is 1. The Balaban J connectivity index is 2.01. The number of carbonyl (C=O) groups is 2. The van der Waals surface area contributed by atoms with Gasteiger partial charge < -0.3 is 10.2 Å². The van der Waals surface area contributed by atoms with E-state index in [0.29, 0.717) is 24.1 Å². The lowest BCUT2D eigenvalue weighted by Gasteiger charge is -2.33. The fraction of sp³-hybridized carbons (Fsp3) is 0.310. The second-order valence-corrected chi connectivity index (χ2v) is 10.9. The van der Waals surface area contributed by atoms with Crippen LogP contribution in [0.1, 0.15) is 39.2 Å². The van der Waals surface area contributed by atoms with E-state index in [1.807, 2.05) is 13.8 Å². The summed E-state index contributed by atoms with van der Waals surface area (Å²) in [6.07, 6.45) is 1.02. The number of para-hydroxylation sites is 1. The molecule has 0 spiro atoms. The van der Waals surface area contributed by atoms with Gasteiger partial charge in [-0.05, 0) is 61.7 Å². The first-order valence-corrected chi connectivity index (χ1v) is 14.1. The van der Waals surface area contributed by atoms with Crippen LogP contribution in [-0.2, 0) is 26.2 Å². The molecular formula is C29H34FN3O4S. The van der Waals surface area contributed by atoms with Crippen LogP contribution < -0.4 is 9.62 Å². The zero-order valence-electron chi connectivity index (χ0n) is 21.9. The number of nitrogens with zero attached hydrogens (tertiary/aromatic N) is 2. The van der Waals surface area contributed by atoms with Crippen molar-refractivity contribution in [3.05, 3.63) is 96.3 Å². The van der Waals surface area contributed by atoms with E-state index in [0.717, 1.165) is 4.31 Å². The lowest BCUT2D eigenvalue weighted by Crippen LogP contribution is -2.53. The van der Waals surface area contributed by atoms with Gasteiger partial charge in [-0.2, -0.15) is 0 Å². The summed E-state index contributed by atoms with van der Waals surface area (Å²) in [6, 6.07) is 21.0. The van der Waals surface area contributed by atoms with Crippen molar-refractivity contribution in [3.8, 4) is 0 Å². The maximum absolute atomic E-state index is 13.9. The van der Waals surface area contributed by atoms with Gasteiger partial charge in [0, 0.05) is 12.6 Å². The van der Waals surface area contributed by atoms with Crippen LogP contribution in [0.25, 0.3) is 0 Å². The number of carbonyl (C=O) groups excluding carboxylic acids is 2. The normalized spacial score (nSPS) is 12.8. The number of sulfonamides is 1. The van der Waals surface area contributed by atoms with Crippen molar-refractivity contribution in [2.45, 2.75) is 57.1 Å². The van der Waals surface area contributed by atoms with E-state index >= 15 is 0 Å². The third-order valence-corrected chi connectivity index (χ3v) is 8.10. The monoisotopic (exact) mass is 539 g/mol. The highest BCUT2D eigenvalue weighted by atomic mass is 32.2. The zero-order chi connectivity index (χ0) is 27.7. The Morgan fingerprint density at radius 1 is 0.868 bits per heavy atom. The van der Waals surface area contributed by atoms with E-state index < -0.39 is 34.3 Å². The molecule has 7 nitrogen and oxygen atoms in total. The number of halogens is 1. The predicted molar refractivity (Wildman–Crippen MR) is 146 cm³/mol. The summed E-state index contributed by atoms with van der Waals surface area (Å²) >= 11 is 0. The Labute approximate surface area is 224 Å². The molecule has 0 fully saturated rings. The maximum Gasteiger partial charge on any atom is 0.264 e. The van der Waals surface area contributed by atoms with Gasteiger partial charge in [0.25, 0.3) is 10.0 Å². The first-order chi connectivity index (χ1) is 18.2. The lowest BCUT2D eigenvalue weighted by molar-refractivity contribution is -0.140. The van der Waals surface area contributed by atoms with Gasteiger partial charge >= 0.3 is 0 Å². The summed E-state index contributed by atoms with van der Waals surface area (Å²) in [6.45, 7) is 5.11. The Bertz CT molecular complexity index is 1300. The van der Waals surface area contributed by atoms with E-state index in [9.17, 15) is 22.4 Å². The van der Waals surface area contributed by atoms with E-state index in [4.69, 9.17) is 0 Å². The molecule has 2 amide bonds. The van der Waals surface area contributed by atoms with Gasteiger partial charge in [-0.25, -0.2) is 12.8 Å². The summed E-state index contributed by atoms with van der Waals surface area (Å²) in [5.41, 5.74) is 0.940. The average Bonchev–Trinajstić information content (AvgIpc) is 2.93. The molecule has 9 heteroatoms. The van der Waals surface area contributed by atoms with Crippen LogP contribution in [0.15, 0.2) is 89.8 Å². The molecular weight excluding hydrogens is 505 g/mol. The maximum atomic E-state index is 13.9. The molecule has 0 unspecified atom stereocenters. The van der Waals surface area contributed by atoms with Crippen molar-refractivity contribution < 1.29 is 22.4 Å². The fourth-order valence-corrected chi connectivity index (χ4v) is 5.43. The highest BCUT2D eigenvalue weighted by Gasteiger charge is 2.33. The van der Waals surface area contributed by atoms with Crippen LogP contribution >= 0.6 is 0 Å². The third-order valence-electron chi connectivity index (χ3n) is 6.31. The summed E-state index contributed by atoms with van der Waals surface area (Å²) in [7, 11) is -4.10. The largest absolute Gasteiger partial charge is 0.352 e. The first-order valence-electron chi connectivity index (χ1n) is 12.6. The first kappa shape index (κ1) is 28.8. The van der Waals surface area contributed by atoms with Gasteiger partial charge in [-0.15, -0.1) is 0 Å². The SMILES string of the molecule is CC[C@@H](C)NC(=O)[C@@H](CC)N(Cc1ccc(F)cc1)C(=O)CN(c1ccccc1)S(=O)(=O)c1ccccc1. The van der Waals surface area contributed by atoms with Crippen molar-refractivity contribution >= 4 is 27.5 Å². The minimum atomic E-state index is -4.10. The van der Waals surface area contributed by atoms with Crippen LogP contribution in [0, 0.1) is 5.82 Å². The minimum Gasteiger partial charge on any atom is -0.352 e. The van der Waals surface area contributed by atoms with Gasteiger partial charge in [-0.3, -0.25) is 13.9 Å². The molecule has 1 N–H and O–H groups in total. The van der Waals surface area contributed by atoms with E-state index in [1.165, 1.54) is 29.2 Å². The molecule has 0 aliphatic heterocycles. The second-order valence-electron chi connectivity index (χ2n) is 9.05. The lowest BCUT2D eigenvalue weighted by atomic mass is 10.1. The number of hydrogen-bond donors (Lipinski definition) is 1. The van der Waals surface area contributed by atoms with Crippen LogP contribution in [0.4, 0.5) is 10.1 Å². The van der Waals surface area contributed by atoms with Crippen molar-refractivity contribution in [3.63, 3.8) is 0 Å². The molecule has 2 atom stereocenters. The third kappa shape index (κ3) is 7.19. The summed E-state index contributed by atoms with van der Waals surface area (Å²) in [5.74, 6) is -1.30. The predicted octanol–water partition coefficient (Wildman–Crippen LogP) is 4.74. The molecule has 202 valence electrons. The van der Waals surface area contributed by atoms with Crippen LogP contribution in [0.2, 0.25) is 0 Å². The standard InChI is InChI=1S/C29H34FN3O4S/c1-4-22(3)31-29(35)27(5-2)32(20-23-16-18-24(30)19-17-23)28(34)21-33(25-12-8-6-9-13-25)38(36,37)26-14-10-7-11-15-26/h6-19,22,27H,4-5,20-21H2,1-3H3,(H,31,35)/t22-,27-/m1/s1. The van der Waals surface area contributed by atoms with Crippen molar-refractivity contribution in [1.82, 2.24) is 10.2 Å². The number of hydrogen-bond acceptors (Lipinski definition) is 4. The Morgan fingerprint density at radius 2 is 1.45 bits per heavy atom. The molecule has 0 radical (unpaired) electrons. The molecule has 0 saturated heterocycles. The van der Waals surface area contributed by atoms with Crippen LogP contribution in [-0.4, -0.2) is 43.8 Å². The highest BCUT2D eigenvalue weighted by molar-refractivity contribution is 7.92. The number of nitrogens with one attached hydrogen (secondary N) is 1. The van der Waals surface area contributed by atoms with Crippen molar-refractivity contribution in [2.24, 2.45) is 0 Å². The molecule has 0 saturated carbocycles. The molecule has 0 aliphatic carbocycles. The number of benzene rings is 3. The van der Waals surface area contributed by atoms with Gasteiger partial charge in [0.1, 0.15) is 18.4 Å². The van der Waals surface area contributed by atoms with Gasteiger partial charge in [0.05, 0.1) is 10.6 Å². The minimum absolute atomic E-state index is 0.0135. The topological polar surface area (TPSA) is 86.8 Å². The van der Waals surface area contributed by atoms with Gasteiger partial charge in [-0.1, -0.05) is 62.4 Å². The van der Waals surface area contributed by atoms with E-state index in [1.54, 1.807) is 67.6 Å². The summed E-state index contributed by atoms with van der Waals surface area (Å²) in [4.78, 5) is 28.5. The quantitative estimate of drug-likeness (QED) is 0.360. The van der Waals surface area contributed by atoms with E-state index in [-0.39, 0.29) is 23.4 Å². The molecule has 38 heavy (non-hydrogen) atoms. The van der Waals surface area contributed by atoms with E-state index in [2.05, 4.69) is 5.32 Å².